The molecule has 0 aliphatic carbocycles. The van der Waals surface area contributed by atoms with Crippen LogP contribution in [-0.2, 0) is 9.59 Å². The Hall–Kier alpha value is -4.13. The van der Waals surface area contributed by atoms with E-state index in [2.05, 4.69) is 20.9 Å². The number of rotatable bonds is 5. The molecule has 30 heavy (non-hydrogen) atoms. The van der Waals surface area contributed by atoms with Crippen molar-refractivity contribution in [2.75, 3.05) is 10.6 Å². The quantitative estimate of drug-likeness (QED) is 0.608. The van der Waals surface area contributed by atoms with Crippen molar-refractivity contribution < 1.29 is 14.3 Å². The lowest BCUT2D eigenvalue weighted by Gasteiger charge is -2.21. The smallest absolute Gasteiger partial charge is 0.249 e. The van der Waals surface area contributed by atoms with Gasteiger partial charge in [-0.05, 0) is 48.5 Å². The number of para-hydroxylation sites is 2. The molecule has 1 aliphatic heterocycles. The lowest BCUT2D eigenvalue weighted by molar-refractivity contribution is -0.124. The fourth-order valence-electron chi connectivity index (χ4n) is 2.92. The fourth-order valence-corrected chi connectivity index (χ4v) is 2.92. The summed E-state index contributed by atoms with van der Waals surface area (Å²) in [5.74, 6) is 1.05. The molecule has 0 aromatic heterocycles. The van der Waals surface area contributed by atoms with E-state index in [0.29, 0.717) is 17.1 Å². The molecule has 2 amide bonds. The molecule has 3 N–H and O–H groups in total. The van der Waals surface area contributed by atoms with Crippen LogP contribution in [0.25, 0.3) is 0 Å². The van der Waals surface area contributed by atoms with Gasteiger partial charge >= 0.3 is 0 Å². The number of amides is 2. The number of benzene rings is 3. The molecule has 1 unspecified atom stereocenters. The highest BCUT2D eigenvalue weighted by Gasteiger charge is 2.27. The number of nitrogens with one attached hydrogen (secondary N) is 3. The predicted molar refractivity (Wildman–Crippen MR) is 116 cm³/mol. The lowest BCUT2D eigenvalue weighted by atomic mass is 10.1. The second-order valence-corrected chi connectivity index (χ2v) is 6.67. The Morgan fingerprint density at radius 1 is 0.867 bits per heavy atom. The van der Waals surface area contributed by atoms with Crippen LogP contribution in [0.2, 0.25) is 0 Å². The number of carbonyl (C=O) groups is 2. The van der Waals surface area contributed by atoms with Crippen molar-refractivity contribution in [2.45, 2.75) is 12.5 Å². The van der Waals surface area contributed by atoms with E-state index in [1.54, 1.807) is 36.4 Å². The highest BCUT2D eigenvalue weighted by molar-refractivity contribution is 6.10. The molecule has 0 saturated heterocycles. The number of hydrogen-bond acceptors (Lipinski definition) is 5. The average Bonchev–Trinajstić information content (AvgIpc) is 2.76. The second kappa shape index (κ2) is 8.91. The molecular weight excluding hydrogens is 380 g/mol. The van der Waals surface area contributed by atoms with Crippen LogP contribution < -0.4 is 20.7 Å². The minimum atomic E-state index is -0.804. The van der Waals surface area contributed by atoms with Crippen LogP contribution in [0.1, 0.15) is 6.42 Å². The Kier molecular flexibility index (Phi) is 5.70. The van der Waals surface area contributed by atoms with Gasteiger partial charge in [0, 0.05) is 11.4 Å². The number of aliphatic imine (C=N–C) groups is 1. The molecule has 0 bridgehead atoms. The molecule has 1 heterocycles. The molecule has 3 aromatic rings. The summed E-state index contributed by atoms with van der Waals surface area (Å²) >= 11 is 0. The number of nitrogens with zero attached hydrogens (tertiary/aromatic N) is 1. The third-order valence-electron chi connectivity index (χ3n) is 4.36. The monoisotopic (exact) mass is 400 g/mol. The maximum Gasteiger partial charge on any atom is 0.249 e. The maximum atomic E-state index is 12.5. The average molecular weight is 400 g/mol. The lowest BCUT2D eigenvalue weighted by Crippen LogP contribution is -2.45. The maximum absolute atomic E-state index is 12.5. The van der Waals surface area contributed by atoms with Gasteiger partial charge in [-0.3, -0.25) is 14.9 Å². The first kappa shape index (κ1) is 19.2. The summed E-state index contributed by atoms with van der Waals surface area (Å²) in [6.07, 6.45) is -0.00625. The Morgan fingerprint density at radius 2 is 1.50 bits per heavy atom. The van der Waals surface area contributed by atoms with Crippen LogP contribution in [0.15, 0.2) is 89.9 Å². The first-order chi connectivity index (χ1) is 14.7. The van der Waals surface area contributed by atoms with Crippen LogP contribution >= 0.6 is 0 Å². The van der Waals surface area contributed by atoms with Crippen molar-refractivity contribution in [3.63, 3.8) is 0 Å². The first-order valence-corrected chi connectivity index (χ1v) is 9.49. The van der Waals surface area contributed by atoms with Gasteiger partial charge in [0.25, 0.3) is 0 Å². The number of guanidine groups is 1. The van der Waals surface area contributed by atoms with Crippen LogP contribution in [0.3, 0.4) is 0 Å². The molecule has 1 aliphatic rings. The molecule has 0 radical (unpaired) electrons. The summed E-state index contributed by atoms with van der Waals surface area (Å²) in [5, 5.41) is 8.47. The van der Waals surface area contributed by atoms with Gasteiger partial charge in [-0.25, -0.2) is 4.99 Å². The normalized spacial score (nSPS) is 15.5. The van der Waals surface area contributed by atoms with Gasteiger partial charge in [0.05, 0.1) is 6.42 Å². The largest absolute Gasteiger partial charge is 0.457 e. The van der Waals surface area contributed by atoms with E-state index in [1.807, 2.05) is 48.5 Å². The Balaban J connectivity index is 1.41. The Labute approximate surface area is 173 Å². The van der Waals surface area contributed by atoms with E-state index in [0.717, 1.165) is 5.75 Å². The summed E-state index contributed by atoms with van der Waals surface area (Å²) in [6, 6.07) is 25.0. The van der Waals surface area contributed by atoms with Crippen molar-refractivity contribution in [3.8, 4) is 11.5 Å². The molecule has 0 fully saturated rings. The van der Waals surface area contributed by atoms with E-state index in [1.165, 1.54) is 0 Å². The number of anilines is 2. The zero-order valence-electron chi connectivity index (χ0n) is 16.0. The Bertz CT molecular complexity index is 1050. The third kappa shape index (κ3) is 5.02. The number of carbonyl (C=O) groups excluding carboxylic acids is 2. The highest BCUT2D eigenvalue weighted by Crippen LogP contribution is 2.22. The highest BCUT2D eigenvalue weighted by atomic mass is 16.5. The molecule has 3 aromatic carbocycles. The summed E-state index contributed by atoms with van der Waals surface area (Å²) in [4.78, 5) is 28.9. The van der Waals surface area contributed by atoms with E-state index in [4.69, 9.17) is 4.74 Å². The van der Waals surface area contributed by atoms with Gasteiger partial charge in [-0.15, -0.1) is 0 Å². The molecule has 4 rings (SSSR count). The second-order valence-electron chi connectivity index (χ2n) is 6.67. The van der Waals surface area contributed by atoms with Crippen molar-refractivity contribution in [1.29, 1.82) is 0 Å². The summed E-state index contributed by atoms with van der Waals surface area (Å²) < 4.78 is 5.76. The molecule has 1 atom stereocenters. The van der Waals surface area contributed by atoms with Gasteiger partial charge in [0.2, 0.25) is 17.8 Å². The molecule has 0 spiro atoms. The van der Waals surface area contributed by atoms with Crippen molar-refractivity contribution in [1.82, 2.24) is 5.32 Å². The minimum Gasteiger partial charge on any atom is -0.457 e. The standard InChI is InChI=1S/C23H20N4O3/c28-21-15-20(22(29)24-16-7-3-1-4-8-16)26-23(27-21)25-17-11-13-19(14-12-17)30-18-9-5-2-6-10-18/h1-14,20H,15H2,(H,24,29)(H2,25,26,27,28). The van der Waals surface area contributed by atoms with E-state index < -0.39 is 6.04 Å². The van der Waals surface area contributed by atoms with Crippen molar-refractivity contribution in [3.05, 3.63) is 84.9 Å². The molecule has 150 valence electrons. The van der Waals surface area contributed by atoms with Gasteiger partial charge < -0.3 is 15.4 Å². The summed E-state index contributed by atoms with van der Waals surface area (Å²) in [7, 11) is 0. The van der Waals surface area contributed by atoms with Gasteiger partial charge in [-0.2, -0.15) is 0 Å². The molecule has 7 nitrogen and oxygen atoms in total. The number of ether oxygens (including phenoxy) is 1. The summed E-state index contributed by atoms with van der Waals surface area (Å²) in [5.41, 5.74) is 1.37. The van der Waals surface area contributed by atoms with Crippen LogP contribution in [-0.4, -0.2) is 23.8 Å². The van der Waals surface area contributed by atoms with Gasteiger partial charge in [0.1, 0.15) is 17.5 Å². The fraction of sp³-hybridized carbons (Fsp3) is 0.0870. The van der Waals surface area contributed by atoms with E-state index >= 15 is 0 Å². The predicted octanol–water partition coefficient (Wildman–Crippen LogP) is 3.77. The molecule has 0 saturated carbocycles. The van der Waals surface area contributed by atoms with Crippen LogP contribution in [0, 0.1) is 0 Å². The van der Waals surface area contributed by atoms with Crippen LogP contribution in [0.4, 0.5) is 11.4 Å². The SMILES string of the molecule is O=C1CC(C(=O)Nc2ccccc2)N=C(Nc2ccc(Oc3ccccc3)cc2)N1. The van der Waals surface area contributed by atoms with Crippen molar-refractivity contribution in [2.24, 2.45) is 4.99 Å². The minimum absolute atomic E-state index is 0.00625. The zero-order valence-corrected chi connectivity index (χ0v) is 16.0. The molecular formula is C23H20N4O3. The Morgan fingerprint density at radius 3 is 2.20 bits per heavy atom. The zero-order chi connectivity index (χ0) is 20.8. The van der Waals surface area contributed by atoms with E-state index in [-0.39, 0.29) is 24.2 Å². The summed E-state index contributed by atoms with van der Waals surface area (Å²) in [6.45, 7) is 0. The van der Waals surface area contributed by atoms with Crippen LogP contribution in [0.5, 0.6) is 11.5 Å². The number of hydrogen-bond donors (Lipinski definition) is 3. The van der Waals surface area contributed by atoms with Gasteiger partial charge in [-0.1, -0.05) is 36.4 Å². The third-order valence-corrected chi connectivity index (χ3v) is 4.36. The van der Waals surface area contributed by atoms with E-state index in [9.17, 15) is 9.59 Å². The molecule has 7 heteroatoms. The van der Waals surface area contributed by atoms with Gasteiger partial charge in [0.15, 0.2) is 0 Å². The topological polar surface area (TPSA) is 91.8 Å². The van der Waals surface area contributed by atoms with Crippen molar-refractivity contribution >= 4 is 29.1 Å². The first-order valence-electron chi connectivity index (χ1n) is 9.49.